The Morgan fingerprint density at radius 3 is 3.00 bits per heavy atom. The second-order valence-corrected chi connectivity index (χ2v) is 2.21. The lowest BCUT2D eigenvalue weighted by molar-refractivity contribution is 0.121. The summed E-state index contributed by atoms with van der Waals surface area (Å²) >= 11 is 0. The van der Waals surface area contributed by atoms with E-state index in [0.717, 1.165) is 0 Å². The van der Waals surface area contributed by atoms with Crippen LogP contribution in [0.4, 0.5) is 4.79 Å². The van der Waals surface area contributed by atoms with Crippen LogP contribution in [0.5, 0.6) is 0 Å². The number of hydroxylamine groups is 1. The lowest BCUT2D eigenvalue weighted by Crippen LogP contribution is -2.23. The molecule has 0 spiro atoms. The first-order valence-corrected chi connectivity index (χ1v) is 3.35. The zero-order valence-corrected chi connectivity index (χ0v) is 6.02. The van der Waals surface area contributed by atoms with Crippen molar-refractivity contribution in [1.29, 1.82) is 0 Å². The van der Waals surface area contributed by atoms with E-state index in [4.69, 9.17) is 0 Å². The van der Waals surface area contributed by atoms with E-state index in [1.165, 1.54) is 0 Å². The number of rotatable bonds is 1. The van der Waals surface area contributed by atoms with E-state index in [1.54, 1.807) is 18.6 Å². The second kappa shape index (κ2) is 2.74. The highest BCUT2D eigenvalue weighted by atomic mass is 16.7. The summed E-state index contributed by atoms with van der Waals surface area (Å²) in [5.74, 6) is 0. The molecule has 6 heteroatoms. The number of hydrogen-bond donors (Lipinski definition) is 2. The minimum absolute atomic E-state index is 0.397. The number of aromatic nitrogens is 2. The van der Waals surface area contributed by atoms with Gasteiger partial charge < -0.3 is 4.84 Å². The van der Waals surface area contributed by atoms with Crippen LogP contribution in [0.2, 0.25) is 0 Å². The van der Waals surface area contributed by atoms with Gasteiger partial charge in [-0.25, -0.2) is 4.79 Å². The Kier molecular flexibility index (Phi) is 1.60. The normalized spacial score (nSPS) is 21.7. The number of amides is 1. The molecule has 0 bridgehead atoms. The van der Waals surface area contributed by atoms with E-state index in [1.807, 2.05) is 0 Å². The van der Waals surface area contributed by atoms with E-state index < -0.39 is 12.3 Å². The molecule has 0 radical (unpaired) electrons. The van der Waals surface area contributed by atoms with Crippen molar-refractivity contribution >= 4 is 6.09 Å². The third-order valence-corrected chi connectivity index (χ3v) is 1.41. The van der Waals surface area contributed by atoms with Gasteiger partial charge in [-0.15, -0.1) is 5.48 Å². The maximum Gasteiger partial charge on any atom is 0.427 e. The molecule has 0 aliphatic carbocycles. The van der Waals surface area contributed by atoms with Crippen LogP contribution in [-0.4, -0.2) is 16.1 Å². The molecule has 1 aliphatic rings. The highest BCUT2D eigenvalue weighted by Gasteiger charge is 2.24. The zero-order chi connectivity index (χ0) is 8.39. The van der Waals surface area contributed by atoms with Gasteiger partial charge in [0.2, 0.25) is 0 Å². The van der Waals surface area contributed by atoms with Crippen molar-refractivity contribution < 1.29 is 9.63 Å². The van der Waals surface area contributed by atoms with E-state index in [0.29, 0.717) is 5.69 Å². The summed E-state index contributed by atoms with van der Waals surface area (Å²) in [6.45, 7) is 0. The predicted octanol–water partition coefficient (Wildman–Crippen LogP) is -0.280. The fourth-order valence-corrected chi connectivity index (χ4v) is 0.883. The summed E-state index contributed by atoms with van der Waals surface area (Å²) in [4.78, 5) is 22.9. The van der Waals surface area contributed by atoms with Crippen LogP contribution in [-0.2, 0) is 4.84 Å². The van der Waals surface area contributed by atoms with Crippen LogP contribution in [0.15, 0.2) is 18.6 Å². The van der Waals surface area contributed by atoms with Crippen LogP contribution in [0.3, 0.4) is 0 Å². The Hall–Kier alpha value is -1.69. The first kappa shape index (κ1) is 6.99. The minimum Gasteiger partial charge on any atom is -0.351 e. The average molecular weight is 166 g/mol. The lowest BCUT2D eigenvalue weighted by atomic mass is 10.4. The number of nitrogens with zero attached hydrogens (tertiary/aromatic N) is 2. The van der Waals surface area contributed by atoms with E-state index >= 15 is 0 Å². The molecule has 12 heavy (non-hydrogen) atoms. The van der Waals surface area contributed by atoms with Crippen molar-refractivity contribution in [3.8, 4) is 0 Å². The Labute approximate surface area is 67.9 Å². The number of carbonyl (C=O) groups is 1. The maximum absolute atomic E-state index is 10.6. The highest BCUT2D eigenvalue weighted by Crippen LogP contribution is 2.08. The first-order chi connectivity index (χ1) is 5.86. The molecule has 0 saturated carbocycles. The molecular formula is C6H6N4O2. The molecule has 6 nitrogen and oxygen atoms in total. The lowest BCUT2D eigenvalue weighted by Gasteiger charge is -2.03. The monoisotopic (exact) mass is 166 g/mol. The van der Waals surface area contributed by atoms with E-state index in [2.05, 4.69) is 25.6 Å². The van der Waals surface area contributed by atoms with Crippen molar-refractivity contribution in [3.05, 3.63) is 24.3 Å². The molecule has 1 unspecified atom stereocenters. The summed E-state index contributed by atoms with van der Waals surface area (Å²) in [5.41, 5.74) is 3.07. The fraction of sp³-hybridized carbons (Fsp3) is 0.167. The van der Waals surface area contributed by atoms with Gasteiger partial charge in [0.05, 0.1) is 11.9 Å². The van der Waals surface area contributed by atoms with Gasteiger partial charge in [-0.05, 0) is 0 Å². The standard InChI is InChI=1S/C6H6N4O2/c11-6-9-5(10-12-6)4-3-7-1-2-8-4/h1-3,5,10H,(H,9,11). The van der Waals surface area contributed by atoms with Crippen molar-refractivity contribution in [1.82, 2.24) is 20.8 Å². The van der Waals surface area contributed by atoms with Crippen LogP contribution in [0.1, 0.15) is 11.9 Å². The summed E-state index contributed by atoms with van der Waals surface area (Å²) < 4.78 is 0. The molecule has 1 aromatic rings. The third-order valence-electron chi connectivity index (χ3n) is 1.41. The molecule has 1 amide bonds. The first-order valence-electron chi connectivity index (χ1n) is 3.35. The molecule has 2 N–H and O–H groups in total. The summed E-state index contributed by atoms with van der Waals surface area (Å²) in [6, 6.07) is 0. The largest absolute Gasteiger partial charge is 0.427 e. The number of hydrogen-bond acceptors (Lipinski definition) is 5. The number of carbonyl (C=O) groups excluding carboxylic acids is 1. The minimum atomic E-state index is -0.509. The zero-order valence-electron chi connectivity index (χ0n) is 6.02. The van der Waals surface area contributed by atoms with Crippen molar-refractivity contribution in [2.45, 2.75) is 6.17 Å². The van der Waals surface area contributed by atoms with Crippen molar-refractivity contribution in [2.24, 2.45) is 0 Å². The molecule has 1 fully saturated rings. The van der Waals surface area contributed by atoms with Gasteiger partial charge in [0, 0.05) is 12.4 Å². The Morgan fingerprint density at radius 1 is 1.50 bits per heavy atom. The molecule has 1 aromatic heterocycles. The van der Waals surface area contributed by atoms with Crippen LogP contribution >= 0.6 is 0 Å². The van der Waals surface area contributed by atoms with Gasteiger partial charge in [0.25, 0.3) is 0 Å². The van der Waals surface area contributed by atoms with Gasteiger partial charge in [-0.2, -0.15) is 0 Å². The topological polar surface area (TPSA) is 76.1 Å². The van der Waals surface area contributed by atoms with Gasteiger partial charge in [0.1, 0.15) is 0 Å². The van der Waals surface area contributed by atoms with Gasteiger partial charge in [-0.3, -0.25) is 15.3 Å². The summed E-state index contributed by atoms with van der Waals surface area (Å²) in [6.07, 6.45) is 3.74. The molecule has 1 atom stereocenters. The Balaban J connectivity index is 2.16. The third kappa shape index (κ3) is 1.19. The van der Waals surface area contributed by atoms with Crippen molar-refractivity contribution in [2.75, 3.05) is 0 Å². The molecule has 1 saturated heterocycles. The van der Waals surface area contributed by atoms with E-state index in [9.17, 15) is 4.79 Å². The van der Waals surface area contributed by atoms with Crippen LogP contribution in [0.25, 0.3) is 0 Å². The molecule has 2 rings (SSSR count). The Bertz CT molecular complexity index is 289. The van der Waals surface area contributed by atoms with Gasteiger partial charge in [-0.1, -0.05) is 0 Å². The maximum atomic E-state index is 10.6. The number of nitrogens with one attached hydrogen (secondary N) is 2. The van der Waals surface area contributed by atoms with Gasteiger partial charge >= 0.3 is 6.09 Å². The van der Waals surface area contributed by atoms with Crippen molar-refractivity contribution in [3.63, 3.8) is 0 Å². The van der Waals surface area contributed by atoms with Crippen LogP contribution in [0, 0.1) is 0 Å². The fourth-order valence-electron chi connectivity index (χ4n) is 0.883. The average Bonchev–Trinajstić information content (AvgIpc) is 2.54. The molecular weight excluding hydrogens is 160 g/mol. The Morgan fingerprint density at radius 2 is 2.42 bits per heavy atom. The molecule has 62 valence electrons. The SMILES string of the molecule is O=C1NC(c2cnccn2)NO1. The highest BCUT2D eigenvalue weighted by molar-refractivity contribution is 5.68. The second-order valence-electron chi connectivity index (χ2n) is 2.21. The smallest absolute Gasteiger partial charge is 0.351 e. The molecule has 0 aromatic carbocycles. The predicted molar refractivity (Wildman–Crippen MR) is 37.5 cm³/mol. The summed E-state index contributed by atoms with van der Waals surface area (Å²) in [7, 11) is 0. The van der Waals surface area contributed by atoms with E-state index in [-0.39, 0.29) is 0 Å². The molecule has 1 aliphatic heterocycles. The van der Waals surface area contributed by atoms with Gasteiger partial charge in [0.15, 0.2) is 6.17 Å². The molecule has 2 heterocycles. The summed E-state index contributed by atoms with van der Waals surface area (Å²) in [5, 5.41) is 2.50. The van der Waals surface area contributed by atoms with Crippen LogP contribution < -0.4 is 10.8 Å². The quantitative estimate of drug-likeness (QED) is 0.600.